The molecule has 0 unspecified atom stereocenters. The van der Waals surface area contributed by atoms with Gasteiger partial charge in [0.15, 0.2) is 11.5 Å². The Morgan fingerprint density at radius 2 is 1.95 bits per heavy atom. The monoisotopic (exact) mass is 340 g/mol. The van der Waals surface area contributed by atoms with Crippen LogP contribution in [0.5, 0.6) is 11.5 Å². The average molecular weight is 341 g/mol. The van der Waals surface area contributed by atoms with E-state index in [-0.39, 0.29) is 5.54 Å². The molecule has 1 N–H and O–H groups in total. The molecule has 1 aromatic carbocycles. The molecule has 0 atom stereocenters. The molecular formula is C15H21BrN2O2. The van der Waals surface area contributed by atoms with E-state index in [0.29, 0.717) is 13.2 Å². The standard InChI is InChI=1S/C15H21BrN2O2/c1-15(2)10-17-3-4-18(15)9-11-7-13-14(8-12(11)16)20-6-5-19-13/h7-8,17H,3-6,9-10H2,1-2H3. The summed E-state index contributed by atoms with van der Waals surface area (Å²) >= 11 is 3.66. The second-order valence-corrected chi connectivity index (χ2v) is 6.85. The van der Waals surface area contributed by atoms with Crippen LogP contribution < -0.4 is 14.8 Å². The molecule has 1 saturated heterocycles. The van der Waals surface area contributed by atoms with Crippen molar-refractivity contribution < 1.29 is 9.47 Å². The highest BCUT2D eigenvalue weighted by Gasteiger charge is 2.30. The number of nitrogens with zero attached hydrogens (tertiary/aromatic N) is 1. The lowest BCUT2D eigenvalue weighted by Gasteiger charge is -2.43. The van der Waals surface area contributed by atoms with Gasteiger partial charge in [-0.25, -0.2) is 0 Å². The van der Waals surface area contributed by atoms with Gasteiger partial charge in [0.1, 0.15) is 13.2 Å². The summed E-state index contributed by atoms with van der Waals surface area (Å²) in [5.41, 5.74) is 1.43. The SMILES string of the molecule is CC1(C)CNCCN1Cc1cc2c(cc1Br)OCCO2. The molecule has 0 amide bonds. The molecule has 110 valence electrons. The van der Waals surface area contributed by atoms with E-state index in [1.54, 1.807) is 0 Å². The van der Waals surface area contributed by atoms with Crippen molar-refractivity contribution in [3.8, 4) is 11.5 Å². The number of hydrogen-bond acceptors (Lipinski definition) is 4. The first-order chi connectivity index (χ1) is 9.56. The third-order valence-corrected chi connectivity index (χ3v) is 4.78. The quantitative estimate of drug-likeness (QED) is 0.896. The first-order valence-electron chi connectivity index (χ1n) is 7.10. The van der Waals surface area contributed by atoms with E-state index in [2.05, 4.69) is 46.1 Å². The molecule has 5 heteroatoms. The summed E-state index contributed by atoms with van der Waals surface area (Å²) in [5, 5.41) is 3.46. The van der Waals surface area contributed by atoms with E-state index < -0.39 is 0 Å². The Bertz CT molecular complexity index is 505. The van der Waals surface area contributed by atoms with E-state index >= 15 is 0 Å². The second-order valence-electron chi connectivity index (χ2n) is 6.00. The number of piperazine rings is 1. The van der Waals surface area contributed by atoms with Crippen LogP contribution in [0.2, 0.25) is 0 Å². The Labute approximate surface area is 128 Å². The van der Waals surface area contributed by atoms with Gasteiger partial charge in [-0.15, -0.1) is 0 Å². The zero-order chi connectivity index (χ0) is 14.2. The van der Waals surface area contributed by atoms with Crippen LogP contribution in [-0.2, 0) is 6.54 Å². The Hall–Kier alpha value is -0.780. The van der Waals surface area contributed by atoms with Gasteiger partial charge in [0.05, 0.1) is 0 Å². The minimum atomic E-state index is 0.172. The molecule has 1 fully saturated rings. The van der Waals surface area contributed by atoms with Crippen molar-refractivity contribution in [2.45, 2.75) is 25.9 Å². The van der Waals surface area contributed by atoms with Crippen molar-refractivity contribution in [2.75, 3.05) is 32.8 Å². The number of halogens is 1. The molecule has 1 aromatic rings. The Morgan fingerprint density at radius 3 is 2.65 bits per heavy atom. The summed E-state index contributed by atoms with van der Waals surface area (Å²) in [6, 6.07) is 4.13. The maximum atomic E-state index is 5.68. The number of hydrogen-bond donors (Lipinski definition) is 1. The molecule has 2 aliphatic rings. The summed E-state index contributed by atoms with van der Waals surface area (Å²) < 4.78 is 12.4. The molecule has 2 heterocycles. The highest BCUT2D eigenvalue weighted by molar-refractivity contribution is 9.10. The van der Waals surface area contributed by atoms with Gasteiger partial charge in [-0.3, -0.25) is 4.90 Å². The molecule has 0 bridgehead atoms. The van der Waals surface area contributed by atoms with Gasteiger partial charge < -0.3 is 14.8 Å². The third-order valence-electron chi connectivity index (χ3n) is 4.04. The third kappa shape index (κ3) is 2.80. The number of fused-ring (bicyclic) bond motifs is 1. The zero-order valence-electron chi connectivity index (χ0n) is 12.0. The first kappa shape index (κ1) is 14.2. The predicted molar refractivity (Wildman–Crippen MR) is 82.5 cm³/mol. The predicted octanol–water partition coefficient (Wildman–Crippen LogP) is 2.40. The van der Waals surface area contributed by atoms with Crippen LogP contribution in [0.1, 0.15) is 19.4 Å². The molecule has 20 heavy (non-hydrogen) atoms. The van der Waals surface area contributed by atoms with E-state index in [1.807, 2.05) is 6.07 Å². The van der Waals surface area contributed by atoms with E-state index in [4.69, 9.17) is 9.47 Å². The topological polar surface area (TPSA) is 33.7 Å². The fourth-order valence-corrected chi connectivity index (χ4v) is 3.20. The fraction of sp³-hybridized carbons (Fsp3) is 0.600. The number of nitrogens with one attached hydrogen (secondary N) is 1. The van der Waals surface area contributed by atoms with Gasteiger partial charge in [-0.1, -0.05) is 15.9 Å². The molecule has 4 nitrogen and oxygen atoms in total. The molecule has 2 aliphatic heterocycles. The van der Waals surface area contributed by atoms with Crippen LogP contribution in [0, 0.1) is 0 Å². The van der Waals surface area contributed by atoms with Crippen molar-refractivity contribution in [1.82, 2.24) is 10.2 Å². The summed E-state index contributed by atoms with van der Waals surface area (Å²) in [7, 11) is 0. The number of ether oxygens (including phenoxy) is 2. The van der Waals surface area contributed by atoms with Crippen molar-refractivity contribution in [3.63, 3.8) is 0 Å². The van der Waals surface area contributed by atoms with Crippen LogP contribution in [0.4, 0.5) is 0 Å². The highest BCUT2D eigenvalue weighted by atomic mass is 79.9. The van der Waals surface area contributed by atoms with Crippen LogP contribution in [0.15, 0.2) is 16.6 Å². The number of rotatable bonds is 2. The minimum absolute atomic E-state index is 0.172. The van der Waals surface area contributed by atoms with Gasteiger partial charge in [-0.2, -0.15) is 0 Å². The maximum absolute atomic E-state index is 5.68. The lowest BCUT2D eigenvalue weighted by Crippen LogP contribution is -2.57. The lowest BCUT2D eigenvalue weighted by atomic mass is 9.99. The van der Waals surface area contributed by atoms with Crippen molar-refractivity contribution >= 4 is 15.9 Å². The molecule has 0 aliphatic carbocycles. The van der Waals surface area contributed by atoms with E-state index in [1.165, 1.54) is 5.56 Å². The van der Waals surface area contributed by atoms with Crippen LogP contribution in [-0.4, -0.2) is 43.3 Å². The van der Waals surface area contributed by atoms with Gasteiger partial charge in [0.25, 0.3) is 0 Å². The summed E-state index contributed by atoms with van der Waals surface area (Å²) in [4.78, 5) is 2.51. The second kappa shape index (κ2) is 5.54. The number of benzene rings is 1. The van der Waals surface area contributed by atoms with Gasteiger partial charge in [0, 0.05) is 36.2 Å². The zero-order valence-corrected chi connectivity index (χ0v) is 13.6. The molecule has 0 spiro atoms. The summed E-state index contributed by atoms with van der Waals surface area (Å²) in [6.07, 6.45) is 0. The molecule has 0 aromatic heterocycles. The smallest absolute Gasteiger partial charge is 0.162 e. The largest absolute Gasteiger partial charge is 0.486 e. The molecule has 0 saturated carbocycles. The van der Waals surface area contributed by atoms with Gasteiger partial charge >= 0.3 is 0 Å². The van der Waals surface area contributed by atoms with E-state index in [9.17, 15) is 0 Å². The van der Waals surface area contributed by atoms with Crippen LogP contribution >= 0.6 is 15.9 Å². The lowest BCUT2D eigenvalue weighted by molar-refractivity contribution is 0.0822. The summed E-state index contributed by atoms with van der Waals surface area (Å²) in [6.45, 7) is 9.88. The normalized spacial score (nSPS) is 21.8. The van der Waals surface area contributed by atoms with Crippen molar-refractivity contribution in [2.24, 2.45) is 0 Å². The Kier molecular flexibility index (Phi) is 3.93. The Morgan fingerprint density at radius 1 is 1.25 bits per heavy atom. The van der Waals surface area contributed by atoms with Gasteiger partial charge in [0.2, 0.25) is 0 Å². The minimum Gasteiger partial charge on any atom is -0.486 e. The highest BCUT2D eigenvalue weighted by Crippen LogP contribution is 2.36. The van der Waals surface area contributed by atoms with Crippen molar-refractivity contribution in [3.05, 3.63) is 22.2 Å². The van der Waals surface area contributed by atoms with E-state index in [0.717, 1.165) is 42.2 Å². The average Bonchev–Trinajstić information content (AvgIpc) is 2.41. The maximum Gasteiger partial charge on any atom is 0.162 e. The van der Waals surface area contributed by atoms with Crippen molar-refractivity contribution in [1.29, 1.82) is 0 Å². The van der Waals surface area contributed by atoms with Gasteiger partial charge in [-0.05, 0) is 31.5 Å². The van der Waals surface area contributed by atoms with Crippen LogP contribution in [0.3, 0.4) is 0 Å². The molecular weight excluding hydrogens is 320 g/mol. The molecule has 3 rings (SSSR count). The molecule has 0 radical (unpaired) electrons. The van der Waals surface area contributed by atoms with Crippen LogP contribution in [0.25, 0.3) is 0 Å². The Balaban J connectivity index is 1.83. The fourth-order valence-electron chi connectivity index (χ4n) is 2.75. The summed E-state index contributed by atoms with van der Waals surface area (Å²) in [5.74, 6) is 1.70. The first-order valence-corrected chi connectivity index (χ1v) is 7.89.